The molecule has 1 aromatic carbocycles. The predicted octanol–water partition coefficient (Wildman–Crippen LogP) is 2.83. The second kappa shape index (κ2) is 5.61. The van der Waals surface area contributed by atoms with Gasteiger partial charge >= 0.3 is 0 Å². The molecule has 0 bridgehead atoms. The Balaban J connectivity index is 2.09. The Bertz CT molecular complexity index is 560. The molecule has 0 saturated carbocycles. The number of rotatable bonds is 4. The highest BCUT2D eigenvalue weighted by Gasteiger charge is 2.09. The van der Waals surface area contributed by atoms with E-state index < -0.39 is 0 Å². The molecule has 2 rings (SSSR count). The zero-order chi connectivity index (χ0) is 13.0. The molecule has 0 spiro atoms. The summed E-state index contributed by atoms with van der Waals surface area (Å²) < 4.78 is 13.0. The van der Waals surface area contributed by atoms with Crippen LogP contribution in [0.5, 0.6) is 0 Å². The molecule has 0 amide bonds. The van der Waals surface area contributed by atoms with E-state index in [1.165, 1.54) is 12.1 Å². The van der Waals surface area contributed by atoms with Gasteiger partial charge in [0, 0.05) is 31.6 Å². The van der Waals surface area contributed by atoms with Crippen LogP contribution >= 0.6 is 11.3 Å². The molecule has 0 N–H and O–H groups in total. The average Bonchev–Trinajstić information content (AvgIpc) is 2.88. The first kappa shape index (κ1) is 12.5. The van der Waals surface area contributed by atoms with Crippen LogP contribution in [-0.2, 0) is 6.42 Å². The Labute approximate surface area is 109 Å². The maximum Gasteiger partial charge on any atom is 0.124 e. The van der Waals surface area contributed by atoms with Gasteiger partial charge in [0.1, 0.15) is 11.9 Å². The van der Waals surface area contributed by atoms with E-state index in [2.05, 4.69) is 4.98 Å². The number of likely N-dealkylation sites (N-methyl/N-ethyl adjacent to an activating group) is 1. The minimum Gasteiger partial charge on any atom is -0.373 e. The van der Waals surface area contributed by atoms with Crippen molar-refractivity contribution in [3.8, 4) is 6.07 Å². The fourth-order valence-corrected chi connectivity index (χ4v) is 2.30. The van der Waals surface area contributed by atoms with Crippen molar-refractivity contribution in [1.82, 2.24) is 4.98 Å². The normalized spacial score (nSPS) is 10.1. The Morgan fingerprint density at radius 3 is 3.00 bits per heavy atom. The first-order valence-corrected chi connectivity index (χ1v) is 6.38. The van der Waals surface area contributed by atoms with Gasteiger partial charge in [-0.1, -0.05) is 0 Å². The molecule has 0 fully saturated rings. The van der Waals surface area contributed by atoms with Crippen molar-refractivity contribution in [1.29, 1.82) is 5.26 Å². The highest BCUT2D eigenvalue weighted by atomic mass is 32.1. The molecule has 1 aromatic heterocycles. The third-order valence-corrected chi connectivity index (χ3v) is 3.47. The lowest BCUT2D eigenvalue weighted by Gasteiger charge is -2.19. The van der Waals surface area contributed by atoms with Gasteiger partial charge in [-0.25, -0.2) is 9.37 Å². The number of nitriles is 1. The van der Waals surface area contributed by atoms with Gasteiger partial charge < -0.3 is 4.90 Å². The van der Waals surface area contributed by atoms with E-state index in [4.69, 9.17) is 5.26 Å². The van der Waals surface area contributed by atoms with Gasteiger partial charge in [-0.15, -0.1) is 11.3 Å². The van der Waals surface area contributed by atoms with Crippen LogP contribution in [0.15, 0.2) is 29.8 Å². The fraction of sp³-hybridized carbons (Fsp3) is 0.231. The van der Waals surface area contributed by atoms with Crippen LogP contribution < -0.4 is 4.90 Å². The second-order valence-electron chi connectivity index (χ2n) is 3.87. The lowest BCUT2D eigenvalue weighted by Crippen LogP contribution is -2.21. The summed E-state index contributed by atoms with van der Waals surface area (Å²) in [5.74, 6) is -0.386. The van der Waals surface area contributed by atoms with E-state index >= 15 is 0 Å². The summed E-state index contributed by atoms with van der Waals surface area (Å²) in [5, 5.41) is 12.0. The van der Waals surface area contributed by atoms with E-state index in [-0.39, 0.29) is 5.82 Å². The van der Waals surface area contributed by atoms with Gasteiger partial charge in [-0.3, -0.25) is 0 Å². The Kier molecular flexibility index (Phi) is 3.90. The molecule has 2 aromatic rings. The first-order chi connectivity index (χ1) is 8.70. The van der Waals surface area contributed by atoms with Gasteiger partial charge in [-0.2, -0.15) is 5.26 Å². The fourth-order valence-electron chi connectivity index (χ4n) is 1.69. The number of halogens is 1. The van der Waals surface area contributed by atoms with Gasteiger partial charge in [0.05, 0.1) is 16.3 Å². The number of nitrogens with zero attached hydrogens (tertiary/aromatic N) is 3. The molecule has 0 aliphatic heterocycles. The second-order valence-corrected chi connectivity index (χ2v) is 4.85. The molecule has 0 atom stereocenters. The largest absolute Gasteiger partial charge is 0.373 e. The van der Waals surface area contributed by atoms with E-state index in [0.717, 1.165) is 23.7 Å². The van der Waals surface area contributed by atoms with Crippen molar-refractivity contribution in [2.45, 2.75) is 6.42 Å². The van der Waals surface area contributed by atoms with Crippen molar-refractivity contribution in [2.75, 3.05) is 18.5 Å². The summed E-state index contributed by atoms with van der Waals surface area (Å²) in [6.07, 6.45) is 2.59. The molecule has 0 aliphatic carbocycles. The third-order valence-electron chi connectivity index (χ3n) is 2.63. The summed E-state index contributed by atoms with van der Waals surface area (Å²) in [6, 6.07) is 6.28. The van der Waals surface area contributed by atoms with E-state index in [0.29, 0.717) is 5.56 Å². The van der Waals surface area contributed by atoms with Crippen LogP contribution in [0.1, 0.15) is 10.6 Å². The van der Waals surface area contributed by atoms with Crippen LogP contribution in [0, 0.1) is 17.1 Å². The maximum absolute atomic E-state index is 13.0. The number of anilines is 1. The quantitative estimate of drug-likeness (QED) is 0.849. The minimum absolute atomic E-state index is 0.358. The van der Waals surface area contributed by atoms with E-state index in [1.54, 1.807) is 23.6 Å². The SMILES string of the molecule is CN(CCc1nccs1)c1ccc(F)cc1C#N. The smallest absolute Gasteiger partial charge is 0.124 e. The topological polar surface area (TPSA) is 39.9 Å². The summed E-state index contributed by atoms with van der Waals surface area (Å²) >= 11 is 1.61. The highest BCUT2D eigenvalue weighted by molar-refractivity contribution is 7.09. The standard InChI is InChI=1S/C13H12FN3S/c1-17(6-4-13-16-5-7-18-13)12-3-2-11(14)8-10(12)9-15/h2-3,5,7-8H,4,6H2,1H3. The molecule has 1 heterocycles. The van der Waals surface area contributed by atoms with Gasteiger partial charge in [0.15, 0.2) is 0 Å². The zero-order valence-corrected chi connectivity index (χ0v) is 10.7. The molecule has 0 radical (unpaired) electrons. The molecule has 5 heteroatoms. The van der Waals surface area contributed by atoms with Crippen LogP contribution in [0.2, 0.25) is 0 Å². The lowest BCUT2D eigenvalue weighted by molar-refractivity contribution is 0.627. The van der Waals surface area contributed by atoms with Crippen molar-refractivity contribution in [3.63, 3.8) is 0 Å². The molecule has 0 aliphatic rings. The van der Waals surface area contributed by atoms with Crippen molar-refractivity contribution < 1.29 is 4.39 Å². The summed E-state index contributed by atoms with van der Waals surface area (Å²) in [6.45, 7) is 0.744. The molecular formula is C13H12FN3S. The molecule has 92 valence electrons. The Hall–Kier alpha value is -1.93. The van der Waals surface area contributed by atoms with Gasteiger partial charge in [0.25, 0.3) is 0 Å². The zero-order valence-electron chi connectivity index (χ0n) is 9.93. The average molecular weight is 261 g/mol. The molecule has 3 nitrogen and oxygen atoms in total. The molecule has 18 heavy (non-hydrogen) atoms. The number of aromatic nitrogens is 1. The van der Waals surface area contributed by atoms with Gasteiger partial charge in [-0.05, 0) is 18.2 Å². The molecular weight excluding hydrogens is 249 g/mol. The van der Waals surface area contributed by atoms with Crippen LogP contribution in [0.25, 0.3) is 0 Å². The number of benzene rings is 1. The van der Waals surface area contributed by atoms with E-state index in [9.17, 15) is 4.39 Å². The van der Waals surface area contributed by atoms with Crippen LogP contribution in [-0.4, -0.2) is 18.6 Å². The Morgan fingerprint density at radius 2 is 2.33 bits per heavy atom. The summed E-state index contributed by atoms with van der Waals surface area (Å²) in [5.41, 5.74) is 1.10. The van der Waals surface area contributed by atoms with Crippen LogP contribution in [0.4, 0.5) is 10.1 Å². The summed E-state index contributed by atoms with van der Waals surface area (Å²) in [4.78, 5) is 6.15. The number of hydrogen-bond acceptors (Lipinski definition) is 4. The maximum atomic E-state index is 13.0. The van der Waals surface area contributed by atoms with E-state index in [1.807, 2.05) is 23.4 Å². The van der Waals surface area contributed by atoms with Crippen molar-refractivity contribution in [3.05, 3.63) is 46.2 Å². The summed E-state index contributed by atoms with van der Waals surface area (Å²) in [7, 11) is 1.89. The third kappa shape index (κ3) is 2.84. The highest BCUT2D eigenvalue weighted by Crippen LogP contribution is 2.20. The van der Waals surface area contributed by atoms with Gasteiger partial charge in [0.2, 0.25) is 0 Å². The predicted molar refractivity (Wildman–Crippen MR) is 70.2 cm³/mol. The number of thiazole rings is 1. The van der Waals surface area contributed by atoms with Crippen molar-refractivity contribution in [2.24, 2.45) is 0 Å². The minimum atomic E-state index is -0.386. The molecule has 0 saturated heterocycles. The lowest BCUT2D eigenvalue weighted by atomic mass is 10.1. The molecule has 0 unspecified atom stereocenters. The number of hydrogen-bond donors (Lipinski definition) is 0. The first-order valence-electron chi connectivity index (χ1n) is 5.50. The Morgan fingerprint density at radius 1 is 1.50 bits per heavy atom. The van der Waals surface area contributed by atoms with Crippen LogP contribution in [0.3, 0.4) is 0 Å². The monoisotopic (exact) mass is 261 g/mol. The van der Waals surface area contributed by atoms with Crippen molar-refractivity contribution >= 4 is 17.0 Å².